The molecule has 0 saturated carbocycles. The highest BCUT2D eigenvalue weighted by Crippen LogP contribution is 2.29. The van der Waals surface area contributed by atoms with Crippen LogP contribution in [0.2, 0.25) is 0 Å². The minimum absolute atomic E-state index is 0.0705. The van der Waals surface area contributed by atoms with Crippen LogP contribution < -0.4 is 5.73 Å². The van der Waals surface area contributed by atoms with Crippen LogP contribution in [0.4, 0.5) is 0 Å². The van der Waals surface area contributed by atoms with Crippen molar-refractivity contribution in [2.45, 2.75) is 52.2 Å². The van der Waals surface area contributed by atoms with Crippen molar-refractivity contribution in [1.82, 2.24) is 0 Å². The van der Waals surface area contributed by atoms with Gasteiger partial charge in [0.2, 0.25) is 0 Å². The first-order valence-electron chi connectivity index (χ1n) is 5.73. The summed E-state index contributed by atoms with van der Waals surface area (Å²) in [5, 5.41) is 0. The zero-order valence-electron chi connectivity index (χ0n) is 11.0. The van der Waals surface area contributed by atoms with Gasteiger partial charge in [-0.1, -0.05) is 0 Å². The van der Waals surface area contributed by atoms with Crippen molar-refractivity contribution in [3.8, 4) is 0 Å². The van der Waals surface area contributed by atoms with Crippen LogP contribution in [0.15, 0.2) is 6.07 Å². The molecule has 1 atom stereocenters. The fourth-order valence-corrected chi connectivity index (χ4v) is 2.61. The highest BCUT2D eigenvalue weighted by molar-refractivity contribution is 7.12. The molecule has 3 heteroatoms. The van der Waals surface area contributed by atoms with E-state index >= 15 is 0 Å². The van der Waals surface area contributed by atoms with Gasteiger partial charge in [0, 0.05) is 22.9 Å². The van der Waals surface area contributed by atoms with E-state index in [-0.39, 0.29) is 11.6 Å². The van der Waals surface area contributed by atoms with Gasteiger partial charge in [-0.25, -0.2) is 0 Å². The van der Waals surface area contributed by atoms with E-state index in [4.69, 9.17) is 10.5 Å². The lowest BCUT2D eigenvalue weighted by molar-refractivity contribution is 0.0125. The molecular weight excluding hydrogens is 218 g/mol. The summed E-state index contributed by atoms with van der Waals surface area (Å²) < 4.78 is 5.40. The van der Waals surface area contributed by atoms with Gasteiger partial charge in [-0.05, 0) is 52.2 Å². The van der Waals surface area contributed by atoms with E-state index < -0.39 is 0 Å². The van der Waals surface area contributed by atoms with E-state index in [2.05, 4.69) is 33.8 Å². The van der Waals surface area contributed by atoms with E-state index in [1.54, 1.807) is 7.11 Å². The Morgan fingerprint density at radius 3 is 2.50 bits per heavy atom. The molecular formula is C13H23NOS. The number of methoxy groups -OCH3 is 1. The van der Waals surface area contributed by atoms with E-state index in [1.807, 2.05) is 11.3 Å². The Morgan fingerprint density at radius 1 is 1.44 bits per heavy atom. The molecule has 0 spiro atoms. The molecule has 0 saturated heterocycles. The minimum Gasteiger partial charge on any atom is -0.379 e. The van der Waals surface area contributed by atoms with Crippen LogP contribution in [0.3, 0.4) is 0 Å². The third-order valence-electron chi connectivity index (χ3n) is 3.16. The maximum absolute atomic E-state index is 6.19. The summed E-state index contributed by atoms with van der Waals surface area (Å²) in [5.41, 5.74) is 7.47. The maximum atomic E-state index is 6.19. The fourth-order valence-electron chi connectivity index (χ4n) is 1.53. The average molecular weight is 241 g/mol. The molecule has 0 aliphatic rings. The van der Waals surface area contributed by atoms with E-state index in [1.165, 1.54) is 15.3 Å². The third kappa shape index (κ3) is 3.58. The quantitative estimate of drug-likeness (QED) is 0.855. The maximum Gasteiger partial charge on any atom is 0.0623 e. The van der Waals surface area contributed by atoms with Crippen molar-refractivity contribution in [2.24, 2.45) is 5.73 Å². The smallest absolute Gasteiger partial charge is 0.0623 e. The molecule has 0 aliphatic heterocycles. The number of thiophene rings is 1. The molecule has 1 aromatic heterocycles. The van der Waals surface area contributed by atoms with Gasteiger partial charge in [0.1, 0.15) is 0 Å². The second-order valence-electron chi connectivity index (χ2n) is 5.00. The number of ether oxygens (including phenoxy) is 1. The fraction of sp³-hybridized carbons (Fsp3) is 0.692. The monoisotopic (exact) mass is 241 g/mol. The standard InChI is InChI=1S/C13H23NOS/c1-9-8-12(16-10(9)2)11(14)6-7-13(3,4)15-5/h8,11H,6-7,14H2,1-5H3. The molecule has 1 heterocycles. The zero-order chi connectivity index (χ0) is 12.3. The lowest BCUT2D eigenvalue weighted by atomic mass is 9.98. The van der Waals surface area contributed by atoms with Crippen molar-refractivity contribution >= 4 is 11.3 Å². The first kappa shape index (κ1) is 13.7. The normalized spacial score (nSPS) is 14.1. The van der Waals surface area contributed by atoms with Gasteiger partial charge in [-0.3, -0.25) is 0 Å². The Bertz CT molecular complexity index is 324. The lowest BCUT2D eigenvalue weighted by Crippen LogP contribution is -2.24. The molecule has 0 bridgehead atoms. The average Bonchev–Trinajstić information content (AvgIpc) is 2.56. The Labute approximate surface area is 103 Å². The molecule has 1 unspecified atom stereocenters. The number of aryl methyl sites for hydroxylation is 2. The van der Waals surface area contributed by atoms with Crippen LogP contribution in [0.5, 0.6) is 0 Å². The number of hydrogen-bond donors (Lipinski definition) is 1. The minimum atomic E-state index is -0.0705. The van der Waals surface area contributed by atoms with Crippen molar-refractivity contribution in [1.29, 1.82) is 0 Å². The Kier molecular flexibility index (Phi) is 4.53. The van der Waals surface area contributed by atoms with Crippen LogP contribution >= 0.6 is 11.3 Å². The molecule has 0 amide bonds. The largest absolute Gasteiger partial charge is 0.379 e. The highest BCUT2D eigenvalue weighted by Gasteiger charge is 2.19. The zero-order valence-corrected chi connectivity index (χ0v) is 11.8. The topological polar surface area (TPSA) is 35.2 Å². The van der Waals surface area contributed by atoms with Gasteiger partial charge in [-0.15, -0.1) is 11.3 Å². The Morgan fingerprint density at radius 2 is 2.06 bits per heavy atom. The molecule has 0 fully saturated rings. The van der Waals surface area contributed by atoms with E-state index in [0.29, 0.717) is 0 Å². The molecule has 2 N–H and O–H groups in total. The van der Waals surface area contributed by atoms with E-state index in [0.717, 1.165) is 12.8 Å². The van der Waals surface area contributed by atoms with Crippen molar-refractivity contribution < 1.29 is 4.74 Å². The van der Waals surface area contributed by atoms with Gasteiger partial charge in [0.25, 0.3) is 0 Å². The molecule has 1 aromatic rings. The predicted octanol–water partition coefficient (Wildman–Crippen LogP) is 3.57. The summed E-state index contributed by atoms with van der Waals surface area (Å²) in [7, 11) is 1.75. The second kappa shape index (κ2) is 5.30. The number of rotatable bonds is 5. The van der Waals surface area contributed by atoms with Gasteiger partial charge in [0.05, 0.1) is 5.60 Å². The molecule has 0 radical (unpaired) electrons. The summed E-state index contributed by atoms with van der Waals surface area (Å²) in [5.74, 6) is 0. The molecule has 0 aromatic carbocycles. The van der Waals surface area contributed by atoms with Crippen LogP contribution in [-0.2, 0) is 4.74 Å². The summed E-state index contributed by atoms with van der Waals surface area (Å²) in [6.07, 6.45) is 1.96. The first-order chi connectivity index (χ1) is 7.35. The summed E-state index contributed by atoms with van der Waals surface area (Å²) in [4.78, 5) is 2.67. The summed E-state index contributed by atoms with van der Waals surface area (Å²) in [6.45, 7) is 8.49. The van der Waals surface area contributed by atoms with Crippen molar-refractivity contribution in [3.05, 3.63) is 21.4 Å². The second-order valence-corrected chi connectivity index (χ2v) is 6.28. The first-order valence-corrected chi connectivity index (χ1v) is 6.55. The third-order valence-corrected chi connectivity index (χ3v) is 4.44. The molecule has 16 heavy (non-hydrogen) atoms. The van der Waals surface area contributed by atoms with E-state index in [9.17, 15) is 0 Å². The molecule has 0 aliphatic carbocycles. The summed E-state index contributed by atoms with van der Waals surface area (Å²) in [6, 6.07) is 2.36. The Balaban J connectivity index is 2.56. The number of nitrogens with two attached hydrogens (primary N) is 1. The van der Waals surface area contributed by atoms with Gasteiger partial charge in [-0.2, -0.15) is 0 Å². The van der Waals surface area contributed by atoms with Crippen LogP contribution in [0.1, 0.15) is 48.0 Å². The molecule has 1 rings (SSSR count). The van der Waals surface area contributed by atoms with Crippen molar-refractivity contribution in [2.75, 3.05) is 7.11 Å². The van der Waals surface area contributed by atoms with Crippen LogP contribution in [0.25, 0.3) is 0 Å². The van der Waals surface area contributed by atoms with Crippen LogP contribution in [-0.4, -0.2) is 12.7 Å². The SMILES string of the molecule is COC(C)(C)CCC(N)c1cc(C)c(C)s1. The van der Waals surface area contributed by atoms with Gasteiger partial charge >= 0.3 is 0 Å². The molecule has 2 nitrogen and oxygen atoms in total. The summed E-state index contributed by atoms with van der Waals surface area (Å²) >= 11 is 1.81. The van der Waals surface area contributed by atoms with Gasteiger partial charge in [0.15, 0.2) is 0 Å². The lowest BCUT2D eigenvalue weighted by Gasteiger charge is -2.24. The molecule has 92 valence electrons. The highest BCUT2D eigenvalue weighted by atomic mass is 32.1. The predicted molar refractivity (Wildman–Crippen MR) is 71.0 cm³/mol. The van der Waals surface area contributed by atoms with Crippen molar-refractivity contribution in [3.63, 3.8) is 0 Å². The Hall–Kier alpha value is -0.380. The van der Waals surface area contributed by atoms with Crippen LogP contribution in [0, 0.1) is 13.8 Å². The van der Waals surface area contributed by atoms with Gasteiger partial charge < -0.3 is 10.5 Å². The number of hydrogen-bond acceptors (Lipinski definition) is 3.